The number of nitrogens with one attached hydrogen (secondary N) is 2. The van der Waals surface area contributed by atoms with Crippen molar-refractivity contribution in [2.24, 2.45) is 5.92 Å². The molecule has 2 aromatic rings. The quantitative estimate of drug-likeness (QED) is 0.295. The fraction of sp³-hybridized carbons (Fsp3) is 0.567. The maximum atomic E-state index is 12.6. The lowest BCUT2D eigenvalue weighted by Gasteiger charge is -2.32. The van der Waals surface area contributed by atoms with Crippen LogP contribution in [0.2, 0.25) is 10.0 Å². The minimum absolute atomic E-state index is 0.314. The molecule has 0 aliphatic heterocycles. The maximum Gasteiger partial charge on any atom is 0.350 e. The van der Waals surface area contributed by atoms with E-state index in [1.165, 1.54) is 37.7 Å². The lowest BCUT2D eigenvalue weighted by Crippen LogP contribution is -2.43. The van der Waals surface area contributed by atoms with Crippen molar-refractivity contribution in [3.8, 4) is 5.75 Å². The van der Waals surface area contributed by atoms with Crippen molar-refractivity contribution in [1.82, 2.24) is 5.32 Å². The van der Waals surface area contributed by atoms with Gasteiger partial charge in [0, 0.05) is 24.2 Å². The topological polar surface area (TPSA) is 59.6 Å². The van der Waals surface area contributed by atoms with E-state index in [2.05, 4.69) is 22.8 Å². The first-order valence-electron chi connectivity index (χ1n) is 13.3. The Kier molecular flexibility index (Phi) is 10.2. The van der Waals surface area contributed by atoms with Crippen molar-refractivity contribution in [1.29, 1.82) is 0 Å². The minimum atomic E-state index is -1.08. The highest BCUT2D eigenvalue weighted by Crippen LogP contribution is 2.30. The fourth-order valence-electron chi connectivity index (χ4n) is 4.70. The molecule has 7 heteroatoms. The second kappa shape index (κ2) is 12.7. The highest BCUT2D eigenvalue weighted by atomic mass is 35.5. The molecule has 1 aliphatic rings. The highest BCUT2D eigenvalue weighted by molar-refractivity contribution is 6.36. The number of anilines is 1. The Morgan fingerprint density at radius 1 is 1.03 bits per heavy atom. The summed E-state index contributed by atoms with van der Waals surface area (Å²) in [7, 11) is 0. The number of carbonyl (C=O) groups excluding carboxylic acids is 1. The van der Waals surface area contributed by atoms with Gasteiger partial charge in [-0.2, -0.15) is 0 Å². The van der Waals surface area contributed by atoms with Gasteiger partial charge in [-0.05, 0) is 95.7 Å². The van der Waals surface area contributed by atoms with Crippen LogP contribution in [0.5, 0.6) is 5.75 Å². The zero-order valence-corrected chi connectivity index (χ0v) is 24.6. The van der Waals surface area contributed by atoms with Crippen LogP contribution < -0.4 is 15.4 Å². The normalized spacial score (nSPS) is 15.8. The lowest BCUT2D eigenvalue weighted by atomic mass is 9.83. The van der Waals surface area contributed by atoms with Gasteiger partial charge in [-0.25, -0.2) is 4.79 Å². The van der Waals surface area contributed by atoms with Gasteiger partial charge in [0.15, 0.2) is 5.60 Å². The number of hydrogen-bond acceptors (Lipinski definition) is 5. The van der Waals surface area contributed by atoms with Crippen LogP contribution in [-0.2, 0) is 16.1 Å². The molecule has 3 rings (SSSR count). The second-order valence-electron chi connectivity index (χ2n) is 11.6. The van der Waals surface area contributed by atoms with Crippen LogP contribution >= 0.6 is 23.2 Å². The molecular formula is C30H42Cl2N2O3. The average molecular weight is 550 g/mol. The molecule has 1 aliphatic carbocycles. The van der Waals surface area contributed by atoms with Gasteiger partial charge in [-0.15, -0.1) is 0 Å². The molecule has 0 bridgehead atoms. The zero-order valence-electron chi connectivity index (χ0n) is 23.0. The molecule has 1 saturated carbocycles. The van der Waals surface area contributed by atoms with Crippen LogP contribution in [0.15, 0.2) is 36.4 Å². The van der Waals surface area contributed by atoms with Crippen LogP contribution in [0.3, 0.4) is 0 Å². The monoisotopic (exact) mass is 548 g/mol. The molecule has 204 valence electrons. The third kappa shape index (κ3) is 9.08. The second-order valence-corrected chi connectivity index (χ2v) is 12.4. The molecule has 0 spiro atoms. The van der Waals surface area contributed by atoms with E-state index >= 15 is 0 Å². The van der Waals surface area contributed by atoms with E-state index in [4.69, 9.17) is 32.7 Å². The molecule has 1 unspecified atom stereocenters. The molecule has 0 amide bonds. The molecule has 0 heterocycles. The van der Waals surface area contributed by atoms with Gasteiger partial charge in [0.25, 0.3) is 0 Å². The number of aryl methyl sites for hydroxylation is 1. The van der Waals surface area contributed by atoms with Crippen molar-refractivity contribution in [2.75, 3.05) is 11.9 Å². The minimum Gasteiger partial charge on any atom is -0.476 e. The maximum absolute atomic E-state index is 12.6. The third-order valence-electron chi connectivity index (χ3n) is 6.73. The van der Waals surface area contributed by atoms with Crippen molar-refractivity contribution in [3.05, 3.63) is 57.6 Å². The van der Waals surface area contributed by atoms with Gasteiger partial charge in [0.1, 0.15) is 11.4 Å². The number of ether oxygens (including phenoxy) is 2. The van der Waals surface area contributed by atoms with E-state index in [9.17, 15) is 4.79 Å². The van der Waals surface area contributed by atoms with Crippen molar-refractivity contribution < 1.29 is 14.3 Å². The fourth-order valence-corrected chi connectivity index (χ4v) is 5.17. The predicted octanol–water partition coefficient (Wildman–Crippen LogP) is 7.95. The number of hydrogen-bond donors (Lipinski definition) is 2. The standard InChI is InChI=1S/C30H42Cl2N2O3/c1-20-16-21(12-15-27(20)36-30(5,6)28(35)37-29(2,3)4)18-33-26(22-10-8-7-9-11-22)19-34-25-14-13-23(31)17-24(25)32/h12-17,22,26,33-34H,7-11,18-19H2,1-6H3. The van der Waals surface area contributed by atoms with E-state index in [0.29, 0.717) is 27.8 Å². The van der Waals surface area contributed by atoms with Crippen molar-refractivity contribution >= 4 is 34.9 Å². The Morgan fingerprint density at radius 2 is 1.73 bits per heavy atom. The van der Waals surface area contributed by atoms with E-state index in [1.807, 2.05) is 45.9 Å². The number of carbonyl (C=O) groups is 1. The van der Waals surface area contributed by atoms with E-state index in [1.54, 1.807) is 19.9 Å². The number of benzene rings is 2. The molecule has 1 atom stereocenters. The van der Waals surface area contributed by atoms with E-state index in [0.717, 1.165) is 24.3 Å². The van der Waals surface area contributed by atoms with E-state index in [-0.39, 0.29) is 5.97 Å². The summed E-state index contributed by atoms with van der Waals surface area (Å²) in [6, 6.07) is 12.0. The van der Waals surface area contributed by atoms with E-state index < -0.39 is 11.2 Å². The Hall–Kier alpha value is -1.95. The summed E-state index contributed by atoms with van der Waals surface area (Å²) < 4.78 is 11.6. The molecule has 0 radical (unpaired) electrons. The Labute approximate surface area is 232 Å². The summed E-state index contributed by atoms with van der Waals surface area (Å²) in [6.07, 6.45) is 6.35. The first-order chi connectivity index (χ1) is 17.3. The third-order valence-corrected chi connectivity index (χ3v) is 7.27. The Bertz CT molecular complexity index is 1060. The van der Waals surface area contributed by atoms with Gasteiger partial charge in [-0.1, -0.05) is 54.6 Å². The molecule has 0 aromatic heterocycles. The van der Waals surface area contributed by atoms with Crippen LogP contribution in [0.4, 0.5) is 5.69 Å². The van der Waals surface area contributed by atoms with Gasteiger partial charge in [0.05, 0.1) is 10.7 Å². The number of esters is 1. The summed E-state index contributed by atoms with van der Waals surface area (Å²) in [6.45, 7) is 12.6. The highest BCUT2D eigenvalue weighted by Gasteiger charge is 2.35. The van der Waals surface area contributed by atoms with Gasteiger partial charge in [0.2, 0.25) is 0 Å². The Morgan fingerprint density at radius 3 is 2.35 bits per heavy atom. The summed E-state index contributed by atoms with van der Waals surface area (Å²) >= 11 is 12.5. The molecule has 37 heavy (non-hydrogen) atoms. The van der Waals surface area contributed by atoms with Gasteiger partial charge >= 0.3 is 5.97 Å². The predicted molar refractivity (Wildman–Crippen MR) is 154 cm³/mol. The van der Waals surface area contributed by atoms with Crippen LogP contribution in [0.1, 0.15) is 77.8 Å². The molecule has 0 saturated heterocycles. The van der Waals surface area contributed by atoms with Crippen LogP contribution in [0.25, 0.3) is 0 Å². The zero-order chi connectivity index (χ0) is 27.2. The Balaban J connectivity index is 1.65. The first kappa shape index (κ1) is 29.6. The summed E-state index contributed by atoms with van der Waals surface area (Å²) in [5.74, 6) is 0.918. The smallest absolute Gasteiger partial charge is 0.350 e. The van der Waals surface area contributed by atoms with Crippen molar-refractivity contribution in [2.45, 2.75) is 97.4 Å². The summed E-state index contributed by atoms with van der Waals surface area (Å²) in [5.41, 5.74) is 1.41. The van der Waals surface area contributed by atoms with Gasteiger partial charge in [-0.3, -0.25) is 0 Å². The van der Waals surface area contributed by atoms with Crippen molar-refractivity contribution in [3.63, 3.8) is 0 Å². The van der Waals surface area contributed by atoms with Crippen LogP contribution in [-0.4, -0.2) is 29.8 Å². The summed E-state index contributed by atoms with van der Waals surface area (Å²) in [5, 5.41) is 8.60. The SMILES string of the molecule is Cc1cc(CNC(CNc2ccc(Cl)cc2Cl)C2CCCCC2)ccc1OC(C)(C)C(=O)OC(C)(C)C. The summed E-state index contributed by atoms with van der Waals surface area (Å²) in [4.78, 5) is 12.6. The molecule has 2 N–H and O–H groups in total. The molecular weight excluding hydrogens is 507 g/mol. The molecule has 5 nitrogen and oxygen atoms in total. The van der Waals surface area contributed by atoms with Gasteiger partial charge < -0.3 is 20.1 Å². The molecule has 2 aromatic carbocycles. The molecule has 1 fully saturated rings. The average Bonchev–Trinajstić information content (AvgIpc) is 2.81. The largest absolute Gasteiger partial charge is 0.476 e. The first-order valence-corrected chi connectivity index (χ1v) is 14.0. The number of rotatable bonds is 10. The number of halogens is 2. The van der Waals surface area contributed by atoms with Crippen LogP contribution in [0, 0.1) is 12.8 Å². The lowest BCUT2D eigenvalue weighted by molar-refractivity contribution is -0.170.